The van der Waals surface area contributed by atoms with E-state index in [4.69, 9.17) is 9.72 Å². The van der Waals surface area contributed by atoms with E-state index in [0.717, 1.165) is 27.4 Å². The molecule has 4 aromatic carbocycles. The Balaban J connectivity index is 1.25. The van der Waals surface area contributed by atoms with Gasteiger partial charge in [0.1, 0.15) is 11.5 Å². The van der Waals surface area contributed by atoms with Crippen molar-refractivity contribution < 1.29 is 14.3 Å². The maximum Gasteiger partial charge on any atom is 0.226 e. The van der Waals surface area contributed by atoms with Crippen LogP contribution in [-0.4, -0.2) is 16.7 Å². The number of thiazole rings is 1. The summed E-state index contributed by atoms with van der Waals surface area (Å²) in [7, 11) is 0. The molecule has 0 fully saturated rings. The van der Waals surface area contributed by atoms with Crippen LogP contribution < -0.4 is 10.1 Å². The fraction of sp³-hybridized carbons (Fsp3) is 0.121. The number of hydrogen-bond donors (Lipinski definition) is 1. The number of aromatic nitrogens is 1. The van der Waals surface area contributed by atoms with Gasteiger partial charge in [0.25, 0.3) is 0 Å². The second-order valence-corrected chi connectivity index (χ2v) is 10.3. The molecule has 0 saturated carbocycles. The number of Topliss-reactive ketones (excluding diaryl/α,β-unsaturated/α-hetero) is 1. The highest BCUT2D eigenvalue weighted by Crippen LogP contribution is 2.39. The lowest BCUT2D eigenvalue weighted by atomic mass is 10.0. The number of anilines is 1. The lowest BCUT2D eigenvalue weighted by molar-refractivity contribution is -0.116. The third kappa shape index (κ3) is 6.48. The molecule has 1 amide bonds. The molecule has 0 bridgehead atoms. The molecule has 39 heavy (non-hydrogen) atoms. The number of carbonyl (C=O) groups excluding carboxylic acids is 2. The quantitative estimate of drug-likeness (QED) is 0.193. The van der Waals surface area contributed by atoms with E-state index in [9.17, 15) is 9.59 Å². The standard InChI is InChI=1S/C33H28N2O3S/c1-22-13-14-26(21-23(22)2)32-31(25-9-5-3-6-10-25)35-33(39-32)34-30(37)20-19-29(36)24-15-17-28(18-16-24)38-27-11-7-4-8-12-27/h3-18,21H,19-20H2,1-2H3,(H,34,35,37). The van der Waals surface area contributed by atoms with Crippen molar-refractivity contribution in [2.24, 2.45) is 0 Å². The summed E-state index contributed by atoms with van der Waals surface area (Å²) < 4.78 is 5.78. The molecule has 1 heterocycles. The predicted octanol–water partition coefficient (Wildman–Crippen LogP) is 8.49. The highest BCUT2D eigenvalue weighted by molar-refractivity contribution is 7.19. The predicted molar refractivity (Wildman–Crippen MR) is 158 cm³/mol. The molecule has 5 rings (SSSR count). The molecule has 5 nitrogen and oxygen atoms in total. The van der Waals surface area contributed by atoms with Gasteiger partial charge >= 0.3 is 0 Å². The fourth-order valence-corrected chi connectivity index (χ4v) is 5.13. The molecule has 194 valence electrons. The zero-order valence-electron chi connectivity index (χ0n) is 21.8. The van der Waals surface area contributed by atoms with Crippen LogP contribution in [-0.2, 0) is 4.79 Å². The minimum absolute atomic E-state index is 0.0698. The third-order valence-electron chi connectivity index (χ3n) is 6.42. The second-order valence-electron chi connectivity index (χ2n) is 9.27. The van der Waals surface area contributed by atoms with Gasteiger partial charge in [0.05, 0.1) is 10.6 Å². The Morgan fingerprint density at radius 2 is 1.41 bits per heavy atom. The highest BCUT2D eigenvalue weighted by Gasteiger charge is 2.18. The van der Waals surface area contributed by atoms with Gasteiger partial charge in [0.15, 0.2) is 10.9 Å². The summed E-state index contributed by atoms with van der Waals surface area (Å²) >= 11 is 1.44. The Morgan fingerprint density at radius 3 is 2.10 bits per heavy atom. The Labute approximate surface area is 232 Å². The largest absolute Gasteiger partial charge is 0.457 e. The average Bonchev–Trinajstić information content (AvgIpc) is 3.38. The van der Waals surface area contributed by atoms with Gasteiger partial charge < -0.3 is 10.1 Å². The average molecular weight is 533 g/mol. The van der Waals surface area contributed by atoms with Gasteiger partial charge in [-0.25, -0.2) is 4.98 Å². The number of benzene rings is 4. The molecule has 0 aliphatic rings. The third-order valence-corrected chi connectivity index (χ3v) is 7.44. The first-order valence-electron chi connectivity index (χ1n) is 12.8. The first kappa shape index (κ1) is 26.1. The van der Waals surface area contributed by atoms with E-state index in [1.54, 1.807) is 24.3 Å². The van der Waals surface area contributed by atoms with Gasteiger partial charge in [-0.3, -0.25) is 9.59 Å². The molecule has 0 aliphatic carbocycles. The van der Waals surface area contributed by atoms with E-state index >= 15 is 0 Å². The topological polar surface area (TPSA) is 68.3 Å². The second kappa shape index (κ2) is 11.9. The first-order chi connectivity index (χ1) is 19.0. The summed E-state index contributed by atoms with van der Waals surface area (Å²) in [6, 6.07) is 32.7. The summed E-state index contributed by atoms with van der Waals surface area (Å²) in [4.78, 5) is 31.3. The maximum atomic E-state index is 12.8. The van der Waals surface area contributed by atoms with Crippen molar-refractivity contribution in [1.29, 1.82) is 0 Å². The monoisotopic (exact) mass is 532 g/mol. The first-order valence-corrected chi connectivity index (χ1v) is 13.6. The summed E-state index contributed by atoms with van der Waals surface area (Å²) in [5.74, 6) is 1.03. The van der Waals surface area contributed by atoms with E-state index in [2.05, 4.69) is 37.4 Å². The number of rotatable bonds is 9. The summed E-state index contributed by atoms with van der Waals surface area (Å²) in [5, 5.41) is 3.42. The van der Waals surface area contributed by atoms with Crippen molar-refractivity contribution in [2.75, 3.05) is 5.32 Å². The van der Waals surface area contributed by atoms with E-state index in [1.165, 1.54) is 22.5 Å². The number of hydrogen-bond acceptors (Lipinski definition) is 5. The fourth-order valence-electron chi connectivity index (χ4n) is 4.13. The Bertz CT molecular complexity index is 1590. The van der Waals surface area contributed by atoms with Crippen LogP contribution in [0.5, 0.6) is 11.5 Å². The Morgan fingerprint density at radius 1 is 0.744 bits per heavy atom. The Hall–Kier alpha value is -4.55. The molecule has 5 aromatic rings. The van der Waals surface area contributed by atoms with Crippen LogP contribution in [0.2, 0.25) is 0 Å². The van der Waals surface area contributed by atoms with Crippen LogP contribution in [0.25, 0.3) is 21.7 Å². The van der Waals surface area contributed by atoms with Gasteiger partial charge in [0.2, 0.25) is 5.91 Å². The molecule has 1 aromatic heterocycles. The number of ketones is 1. The van der Waals surface area contributed by atoms with Crippen molar-refractivity contribution in [3.63, 3.8) is 0 Å². The number of nitrogens with zero attached hydrogens (tertiary/aromatic N) is 1. The maximum absolute atomic E-state index is 12.8. The summed E-state index contributed by atoms with van der Waals surface area (Å²) in [5.41, 5.74) is 5.83. The molecule has 6 heteroatoms. The number of aryl methyl sites for hydroxylation is 2. The van der Waals surface area contributed by atoms with Crippen LogP contribution >= 0.6 is 11.3 Å². The van der Waals surface area contributed by atoms with Crippen LogP contribution in [0, 0.1) is 13.8 Å². The molecule has 0 saturated heterocycles. The van der Waals surface area contributed by atoms with E-state index < -0.39 is 0 Å². The van der Waals surface area contributed by atoms with Crippen LogP contribution in [0.1, 0.15) is 34.3 Å². The van der Waals surface area contributed by atoms with E-state index in [1.807, 2.05) is 60.7 Å². The number of amides is 1. The minimum atomic E-state index is -0.243. The molecule has 1 N–H and O–H groups in total. The van der Waals surface area contributed by atoms with Gasteiger partial charge in [0, 0.05) is 24.0 Å². The van der Waals surface area contributed by atoms with E-state index in [-0.39, 0.29) is 24.5 Å². The molecule has 0 radical (unpaired) electrons. The molecule has 0 spiro atoms. The zero-order valence-corrected chi connectivity index (χ0v) is 22.6. The van der Waals surface area contributed by atoms with Gasteiger partial charge in [-0.15, -0.1) is 0 Å². The summed E-state index contributed by atoms with van der Waals surface area (Å²) in [6.45, 7) is 4.18. The van der Waals surface area contributed by atoms with Crippen LogP contribution in [0.15, 0.2) is 103 Å². The van der Waals surface area contributed by atoms with Crippen molar-refractivity contribution in [3.05, 3.63) is 120 Å². The van der Waals surface area contributed by atoms with Gasteiger partial charge in [-0.05, 0) is 66.9 Å². The zero-order chi connectivity index (χ0) is 27.2. The van der Waals surface area contributed by atoms with Crippen LogP contribution in [0.3, 0.4) is 0 Å². The number of ether oxygens (including phenoxy) is 1. The molecule has 0 unspecified atom stereocenters. The van der Waals surface area contributed by atoms with Crippen LogP contribution in [0.4, 0.5) is 5.13 Å². The van der Waals surface area contributed by atoms with Gasteiger partial charge in [-0.1, -0.05) is 78.1 Å². The lowest BCUT2D eigenvalue weighted by Gasteiger charge is -2.06. The minimum Gasteiger partial charge on any atom is -0.457 e. The SMILES string of the molecule is Cc1ccc(-c2sc(NC(=O)CCC(=O)c3ccc(Oc4ccccc4)cc3)nc2-c2ccccc2)cc1C. The lowest BCUT2D eigenvalue weighted by Crippen LogP contribution is -2.13. The number of nitrogens with one attached hydrogen (secondary N) is 1. The normalized spacial score (nSPS) is 10.7. The van der Waals surface area contributed by atoms with E-state index in [0.29, 0.717) is 16.4 Å². The molecular weight excluding hydrogens is 504 g/mol. The van der Waals surface area contributed by atoms with Crippen molar-refractivity contribution in [1.82, 2.24) is 4.98 Å². The smallest absolute Gasteiger partial charge is 0.226 e. The highest BCUT2D eigenvalue weighted by atomic mass is 32.1. The number of para-hydroxylation sites is 1. The molecular formula is C33H28N2O3S. The Kier molecular flexibility index (Phi) is 7.94. The molecule has 0 aliphatic heterocycles. The van der Waals surface area contributed by atoms with Crippen molar-refractivity contribution in [2.45, 2.75) is 26.7 Å². The van der Waals surface area contributed by atoms with Gasteiger partial charge in [-0.2, -0.15) is 0 Å². The van der Waals surface area contributed by atoms with Crippen molar-refractivity contribution >= 4 is 28.2 Å². The van der Waals surface area contributed by atoms with Crippen molar-refractivity contribution in [3.8, 4) is 33.2 Å². The number of carbonyl (C=O) groups is 2. The molecule has 0 atom stereocenters. The summed E-state index contributed by atoms with van der Waals surface area (Å²) in [6.07, 6.45) is 0.173.